The number of rotatable bonds is 3. The highest BCUT2D eigenvalue weighted by Gasteiger charge is 2.44. The largest absolute Gasteiger partial charge is 0.392 e. The zero-order valence-electron chi connectivity index (χ0n) is 10.4. The Morgan fingerprint density at radius 1 is 1.37 bits per heavy atom. The van der Waals surface area contributed by atoms with E-state index in [9.17, 15) is 8.42 Å². The molecule has 1 aromatic carbocycles. The maximum absolute atomic E-state index is 12.6. The lowest BCUT2D eigenvalue weighted by atomic mass is 10.1. The van der Waals surface area contributed by atoms with E-state index in [0.717, 1.165) is 19.3 Å². The molecule has 1 aliphatic carbocycles. The van der Waals surface area contributed by atoms with Gasteiger partial charge < -0.3 is 5.11 Å². The number of benzene rings is 1. The Hall–Kier alpha value is -0.620. The van der Waals surface area contributed by atoms with Crippen LogP contribution < -0.4 is 0 Å². The highest BCUT2D eigenvalue weighted by molar-refractivity contribution is 7.89. The number of halogens is 1. The molecule has 4 nitrogen and oxygen atoms in total. The van der Waals surface area contributed by atoms with Crippen molar-refractivity contribution in [2.75, 3.05) is 6.54 Å². The maximum atomic E-state index is 12.6. The summed E-state index contributed by atoms with van der Waals surface area (Å²) in [5, 5.41) is 9.36. The molecule has 0 aromatic heterocycles. The lowest BCUT2D eigenvalue weighted by molar-refractivity contribution is 0.282. The zero-order chi connectivity index (χ0) is 13.6. The molecule has 19 heavy (non-hydrogen) atoms. The van der Waals surface area contributed by atoms with Gasteiger partial charge in [0.15, 0.2) is 0 Å². The SMILES string of the molecule is O=S(=O)(c1ccc(CO)c(Cl)c1)N1CC2CCC1C2. The second kappa shape index (κ2) is 4.74. The number of piperidine rings is 1. The average Bonchev–Trinajstić information content (AvgIpc) is 3.01. The van der Waals surface area contributed by atoms with Crippen molar-refractivity contribution < 1.29 is 13.5 Å². The molecular weight excluding hydrogens is 286 g/mol. The van der Waals surface area contributed by atoms with Crippen LogP contribution in [0.1, 0.15) is 24.8 Å². The maximum Gasteiger partial charge on any atom is 0.243 e. The summed E-state index contributed by atoms with van der Waals surface area (Å²) in [6, 6.07) is 4.70. The highest BCUT2D eigenvalue weighted by atomic mass is 35.5. The van der Waals surface area contributed by atoms with Gasteiger partial charge in [-0.25, -0.2) is 8.42 Å². The van der Waals surface area contributed by atoms with E-state index < -0.39 is 10.0 Å². The highest BCUT2D eigenvalue weighted by Crippen LogP contribution is 2.40. The molecule has 1 saturated carbocycles. The van der Waals surface area contributed by atoms with Crippen molar-refractivity contribution in [3.63, 3.8) is 0 Å². The monoisotopic (exact) mass is 301 g/mol. The van der Waals surface area contributed by atoms with Gasteiger partial charge in [0.05, 0.1) is 11.5 Å². The van der Waals surface area contributed by atoms with Crippen LogP contribution in [0.2, 0.25) is 5.02 Å². The lowest BCUT2D eigenvalue weighted by Gasteiger charge is -2.26. The van der Waals surface area contributed by atoms with Gasteiger partial charge in [-0.15, -0.1) is 0 Å². The number of sulfonamides is 1. The summed E-state index contributed by atoms with van der Waals surface area (Å²) in [7, 11) is -3.45. The van der Waals surface area contributed by atoms with Crippen LogP contribution >= 0.6 is 11.6 Å². The topological polar surface area (TPSA) is 57.6 Å². The Morgan fingerprint density at radius 3 is 2.68 bits per heavy atom. The molecule has 3 rings (SSSR count). The molecule has 1 aliphatic heterocycles. The number of fused-ring (bicyclic) bond motifs is 2. The Bertz CT molecular complexity index is 602. The minimum Gasteiger partial charge on any atom is -0.392 e. The first-order valence-electron chi connectivity index (χ1n) is 6.43. The van der Waals surface area contributed by atoms with Crippen molar-refractivity contribution in [1.29, 1.82) is 0 Å². The van der Waals surface area contributed by atoms with Gasteiger partial charge in [0.2, 0.25) is 10.0 Å². The molecule has 2 fully saturated rings. The quantitative estimate of drug-likeness (QED) is 0.929. The minimum absolute atomic E-state index is 0.159. The molecule has 0 radical (unpaired) electrons. The number of aliphatic hydroxyl groups is 1. The summed E-state index contributed by atoms with van der Waals surface area (Å²) in [5.41, 5.74) is 0.545. The standard InChI is InChI=1S/C13H16ClNO3S/c14-13-6-12(4-2-10(13)8-16)19(17,18)15-7-9-1-3-11(15)5-9/h2,4,6,9,11,16H,1,3,5,7-8H2. The zero-order valence-corrected chi connectivity index (χ0v) is 12.0. The van der Waals surface area contributed by atoms with Crippen molar-refractivity contribution in [3.8, 4) is 0 Å². The normalized spacial score (nSPS) is 27.1. The first kappa shape index (κ1) is 13.4. The second-order valence-corrected chi connectivity index (χ2v) is 7.62. The molecule has 0 amide bonds. The first-order valence-corrected chi connectivity index (χ1v) is 8.25. The molecular formula is C13H16ClNO3S. The number of nitrogens with zero attached hydrogens (tertiary/aromatic N) is 1. The van der Waals surface area contributed by atoms with Crippen LogP contribution in [0.25, 0.3) is 0 Å². The van der Waals surface area contributed by atoms with Gasteiger partial charge in [-0.05, 0) is 42.9 Å². The molecule has 2 atom stereocenters. The fourth-order valence-corrected chi connectivity index (χ4v) is 5.20. The van der Waals surface area contributed by atoms with Gasteiger partial charge in [-0.3, -0.25) is 0 Å². The smallest absolute Gasteiger partial charge is 0.243 e. The Balaban J connectivity index is 1.94. The molecule has 6 heteroatoms. The Labute approximate surface area is 118 Å². The predicted octanol–water partition coefficient (Wildman–Crippen LogP) is 2.01. The van der Waals surface area contributed by atoms with Crippen LogP contribution in [0, 0.1) is 5.92 Å². The van der Waals surface area contributed by atoms with Crippen LogP contribution in [0.4, 0.5) is 0 Å². The van der Waals surface area contributed by atoms with E-state index >= 15 is 0 Å². The van der Waals surface area contributed by atoms with E-state index in [1.807, 2.05) is 0 Å². The van der Waals surface area contributed by atoms with Gasteiger partial charge in [-0.2, -0.15) is 4.31 Å². The van der Waals surface area contributed by atoms with Crippen molar-refractivity contribution in [1.82, 2.24) is 4.31 Å². The van der Waals surface area contributed by atoms with Gasteiger partial charge in [0.1, 0.15) is 0 Å². The van der Waals surface area contributed by atoms with E-state index in [-0.39, 0.29) is 17.5 Å². The van der Waals surface area contributed by atoms with Crippen molar-refractivity contribution >= 4 is 21.6 Å². The third-order valence-corrected chi connectivity index (χ3v) is 6.43. The molecule has 1 saturated heterocycles. The number of hydrogen-bond donors (Lipinski definition) is 1. The molecule has 1 heterocycles. The average molecular weight is 302 g/mol. The summed E-state index contributed by atoms with van der Waals surface area (Å²) < 4.78 is 26.8. The van der Waals surface area contributed by atoms with Crippen LogP contribution in [0.5, 0.6) is 0 Å². The second-order valence-electron chi connectivity index (χ2n) is 5.32. The van der Waals surface area contributed by atoms with E-state index in [0.29, 0.717) is 23.0 Å². The summed E-state index contributed by atoms with van der Waals surface area (Å²) in [6.45, 7) is 0.444. The van der Waals surface area contributed by atoms with Gasteiger partial charge in [0, 0.05) is 17.6 Å². The van der Waals surface area contributed by atoms with E-state index in [2.05, 4.69) is 0 Å². The predicted molar refractivity (Wildman–Crippen MR) is 72.4 cm³/mol. The molecule has 104 valence electrons. The number of aliphatic hydroxyl groups excluding tert-OH is 1. The Morgan fingerprint density at radius 2 is 2.16 bits per heavy atom. The van der Waals surface area contributed by atoms with E-state index in [1.54, 1.807) is 10.4 Å². The molecule has 1 N–H and O–H groups in total. The third-order valence-electron chi connectivity index (χ3n) is 4.16. The molecule has 2 bridgehead atoms. The lowest BCUT2D eigenvalue weighted by Crippen LogP contribution is -2.37. The molecule has 0 spiro atoms. The Kier molecular flexibility index (Phi) is 3.33. The third kappa shape index (κ3) is 2.18. The van der Waals surface area contributed by atoms with Crippen LogP contribution in [0.3, 0.4) is 0 Å². The fourth-order valence-electron chi connectivity index (χ4n) is 3.13. The summed E-state index contributed by atoms with van der Waals surface area (Å²) in [6.07, 6.45) is 3.09. The van der Waals surface area contributed by atoms with Crippen LogP contribution in [-0.4, -0.2) is 30.4 Å². The summed E-state index contributed by atoms with van der Waals surface area (Å²) in [5.74, 6) is 0.520. The van der Waals surface area contributed by atoms with Crippen LogP contribution in [-0.2, 0) is 16.6 Å². The van der Waals surface area contributed by atoms with Crippen molar-refractivity contribution in [3.05, 3.63) is 28.8 Å². The fraction of sp³-hybridized carbons (Fsp3) is 0.538. The minimum atomic E-state index is -3.45. The molecule has 2 unspecified atom stereocenters. The van der Waals surface area contributed by atoms with E-state index in [4.69, 9.17) is 16.7 Å². The summed E-state index contributed by atoms with van der Waals surface area (Å²) >= 11 is 5.98. The number of hydrogen-bond acceptors (Lipinski definition) is 3. The summed E-state index contributed by atoms with van der Waals surface area (Å²) in [4.78, 5) is 0.224. The molecule has 1 aromatic rings. The van der Waals surface area contributed by atoms with Gasteiger partial charge in [-0.1, -0.05) is 17.7 Å². The van der Waals surface area contributed by atoms with E-state index in [1.165, 1.54) is 12.1 Å². The van der Waals surface area contributed by atoms with Crippen molar-refractivity contribution in [2.45, 2.75) is 36.8 Å². The molecule has 2 aliphatic rings. The first-order chi connectivity index (χ1) is 9.02. The van der Waals surface area contributed by atoms with Gasteiger partial charge >= 0.3 is 0 Å². The van der Waals surface area contributed by atoms with Crippen molar-refractivity contribution in [2.24, 2.45) is 5.92 Å². The van der Waals surface area contributed by atoms with Gasteiger partial charge in [0.25, 0.3) is 0 Å². The van der Waals surface area contributed by atoms with Crippen LogP contribution in [0.15, 0.2) is 23.1 Å².